The molecule has 0 spiro atoms. The predicted octanol–water partition coefficient (Wildman–Crippen LogP) is 0.680. The van der Waals surface area contributed by atoms with Crippen molar-refractivity contribution < 1.29 is 19.4 Å². The fourth-order valence-electron chi connectivity index (χ4n) is 0.974. The maximum absolute atomic E-state index is 11.1. The number of ketones is 1. The molecular weight excluding hydrogens is 196 g/mol. The molecule has 0 bridgehead atoms. The van der Waals surface area contributed by atoms with Gasteiger partial charge in [0.1, 0.15) is 6.61 Å². The van der Waals surface area contributed by atoms with Crippen molar-refractivity contribution in [3.05, 3.63) is 35.9 Å². The molecule has 0 saturated carbocycles. The van der Waals surface area contributed by atoms with Gasteiger partial charge in [0.2, 0.25) is 6.10 Å². The minimum absolute atomic E-state index is 0.0595. The lowest BCUT2D eigenvalue weighted by Crippen LogP contribution is -2.29. The Morgan fingerprint density at radius 1 is 1.33 bits per heavy atom. The lowest BCUT2D eigenvalue weighted by Gasteiger charge is -2.07. The molecule has 1 unspecified atom stereocenters. The highest BCUT2D eigenvalue weighted by atomic mass is 16.5. The van der Waals surface area contributed by atoms with Crippen LogP contribution in [0.5, 0.6) is 0 Å². The van der Waals surface area contributed by atoms with Crippen LogP contribution in [0.4, 0.5) is 0 Å². The van der Waals surface area contributed by atoms with Gasteiger partial charge in [-0.25, -0.2) is 4.79 Å². The van der Waals surface area contributed by atoms with Gasteiger partial charge >= 0.3 is 5.97 Å². The zero-order valence-corrected chi connectivity index (χ0v) is 8.34. The standard InChI is InChI=1S/C11H12O4/c1-8(12)10(13)11(14)15-7-9-5-3-2-4-6-9/h2-6,10,13H,7H2,1H3. The smallest absolute Gasteiger partial charge is 0.343 e. The van der Waals surface area contributed by atoms with Crippen molar-refractivity contribution >= 4 is 11.8 Å². The van der Waals surface area contributed by atoms with E-state index in [4.69, 9.17) is 9.84 Å². The van der Waals surface area contributed by atoms with Crippen LogP contribution in [-0.2, 0) is 20.9 Å². The molecule has 15 heavy (non-hydrogen) atoms. The van der Waals surface area contributed by atoms with Gasteiger partial charge in [0.25, 0.3) is 0 Å². The molecule has 0 aliphatic carbocycles. The van der Waals surface area contributed by atoms with Crippen molar-refractivity contribution in [1.82, 2.24) is 0 Å². The number of ether oxygens (including phenoxy) is 1. The minimum atomic E-state index is -1.67. The third kappa shape index (κ3) is 3.52. The monoisotopic (exact) mass is 208 g/mol. The highest BCUT2D eigenvalue weighted by Crippen LogP contribution is 2.02. The van der Waals surface area contributed by atoms with E-state index in [0.717, 1.165) is 12.5 Å². The van der Waals surface area contributed by atoms with Gasteiger partial charge in [-0.2, -0.15) is 0 Å². The molecule has 0 aliphatic heterocycles. The number of hydrogen-bond acceptors (Lipinski definition) is 4. The Morgan fingerprint density at radius 2 is 1.93 bits per heavy atom. The van der Waals surface area contributed by atoms with E-state index in [0.29, 0.717) is 0 Å². The zero-order valence-electron chi connectivity index (χ0n) is 8.34. The van der Waals surface area contributed by atoms with Gasteiger partial charge < -0.3 is 9.84 Å². The first-order valence-electron chi connectivity index (χ1n) is 4.50. The summed E-state index contributed by atoms with van der Waals surface area (Å²) in [5, 5.41) is 9.05. The Hall–Kier alpha value is -1.68. The van der Waals surface area contributed by atoms with Gasteiger partial charge in [0.05, 0.1) is 0 Å². The van der Waals surface area contributed by atoms with E-state index < -0.39 is 17.9 Å². The van der Waals surface area contributed by atoms with Crippen molar-refractivity contribution in [1.29, 1.82) is 0 Å². The van der Waals surface area contributed by atoms with E-state index in [1.165, 1.54) is 0 Å². The normalized spacial score (nSPS) is 11.9. The first kappa shape index (κ1) is 11.4. The fourth-order valence-corrected chi connectivity index (χ4v) is 0.974. The molecule has 1 N–H and O–H groups in total. The van der Waals surface area contributed by atoms with E-state index in [1.54, 1.807) is 12.1 Å². The number of aliphatic hydroxyl groups is 1. The van der Waals surface area contributed by atoms with Crippen molar-refractivity contribution in [2.45, 2.75) is 19.6 Å². The largest absolute Gasteiger partial charge is 0.459 e. The summed E-state index contributed by atoms with van der Waals surface area (Å²) < 4.78 is 4.74. The Morgan fingerprint density at radius 3 is 2.47 bits per heavy atom. The molecular formula is C11H12O4. The second-order valence-corrected chi connectivity index (χ2v) is 3.11. The average molecular weight is 208 g/mol. The van der Waals surface area contributed by atoms with E-state index in [1.807, 2.05) is 18.2 Å². The number of Topliss-reactive ketones (excluding diaryl/α,β-unsaturated/α-hetero) is 1. The second-order valence-electron chi connectivity index (χ2n) is 3.11. The molecule has 1 aromatic rings. The second kappa shape index (κ2) is 5.26. The summed E-state index contributed by atoms with van der Waals surface area (Å²) in [7, 11) is 0. The van der Waals surface area contributed by atoms with Gasteiger partial charge in [0.15, 0.2) is 5.78 Å². The first-order chi connectivity index (χ1) is 7.11. The molecule has 1 atom stereocenters. The predicted molar refractivity (Wildman–Crippen MR) is 52.9 cm³/mol. The molecule has 1 aromatic carbocycles. The lowest BCUT2D eigenvalue weighted by molar-refractivity contribution is -0.158. The highest BCUT2D eigenvalue weighted by Gasteiger charge is 2.21. The fraction of sp³-hybridized carbons (Fsp3) is 0.273. The molecule has 80 valence electrons. The van der Waals surface area contributed by atoms with Gasteiger partial charge in [-0.3, -0.25) is 4.79 Å². The quantitative estimate of drug-likeness (QED) is 0.583. The molecule has 0 amide bonds. The van der Waals surface area contributed by atoms with Crippen LogP contribution in [-0.4, -0.2) is 23.0 Å². The highest BCUT2D eigenvalue weighted by molar-refractivity contribution is 6.00. The third-order valence-corrected chi connectivity index (χ3v) is 1.83. The van der Waals surface area contributed by atoms with E-state index in [-0.39, 0.29) is 6.61 Å². The van der Waals surface area contributed by atoms with Crippen LogP contribution in [0, 0.1) is 0 Å². The summed E-state index contributed by atoms with van der Waals surface area (Å²) >= 11 is 0. The zero-order chi connectivity index (χ0) is 11.3. The number of rotatable bonds is 4. The molecule has 0 aliphatic rings. The molecule has 4 nitrogen and oxygen atoms in total. The van der Waals surface area contributed by atoms with Crippen LogP contribution in [0.1, 0.15) is 12.5 Å². The van der Waals surface area contributed by atoms with Crippen LogP contribution in [0.2, 0.25) is 0 Å². The number of benzene rings is 1. The third-order valence-electron chi connectivity index (χ3n) is 1.83. The van der Waals surface area contributed by atoms with Crippen molar-refractivity contribution in [2.24, 2.45) is 0 Å². The van der Waals surface area contributed by atoms with Crippen molar-refractivity contribution in [3.63, 3.8) is 0 Å². The number of hydrogen-bond donors (Lipinski definition) is 1. The Balaban J connectivity index is 2.44. The van der Waals surface area contributed by atoms with Crippen molar-refractivity contribution in [3.8, 4) is 0 Å². The molecule has 0 aromatic heterocycles. The Labute approximate surface area is 87.5 Å². The Bertz CT molecular complexity index is 345. The summed E-state index contributed by atoms with van der Waals surface area (Å²) in [6.07, 6.45) is -1.67. The number of carbonyl (C=O) groups is 2. The lowest BCUT2D eigenvalue weighted by atomic mass is 10.2. The van der Waals surface area contributed by atoms with Gasteiger partial charge in [0, 0.05) is 0 Å². The molecule has 4 heteroatoms. The van der Waals surface area contributed by atoms with Crippen LogP contribution >= 0.6 is 0 Å². The summed E-state index contributed by atoms with van der Waals surface area (Å²) in [5.41, 5.74) is 0.807. The molecule has 0 saturated heterocycles. The van der Waals surface area contributed by atoms with E-state index >= 15 is 0 Å². The van der Waals surface area contributed by atoms with Crippen LogP contribution in [0.15, 0.2) is 30.3 Å². The number of aliphatic hydroxyl groups excluding tert-OH is 1. The molecule has 0 heterocycles. The maximum Gasteiger partial charge on any atom is 0.343 e. The minimum Gasteiger partial charge on any atom is -0.459 e. The van der Waals surface area contributed by atoms with Gasteiger partial charge in [-0.05, 0) is 12.5 Å². The summed E-state index contributed by atoms with van der Waals surface area (Å²) in [5.74, 6) is -1.53. The van der Waals surface area contributed by atoms with Crippen molar-refractivity contribution in [2.75, 3.05) is 0 Å². The Kier molecular flexibility index (Phi) is 4.00. The SMILES string of the molecule is CC(=O)C(O)C(=O)OCc1ccccc1. The van der Waals surface area contributed by atoms with E-state index in [2.05, 4.69) is 0 Å². The number of carbonyl (C=O) groups excluding carboxylic acids is 2. The molecule has 1 rings (SSSR count). The van der Waals surface area contributed by atoms with Gasteiger partial charge in [-0.1, -0.05) is 30.3 Å². The summed E-state index contributed by atoms with van der Waals surface area (Å²) in [4.78, 5) is 21.7. The summed E-state index contributed by atoms with van der Waals surface area (Å²) in [6, 6.07) is 9.03. The first-order valence-corrected chi connectivity index (χ1v) is 4.50. The topological polar surface area (TPSA) is 63.6 Å². The average Bonchev–Trinajstić information content (AvgIpc) is 2.26. The molecule has 0 radical (unpaired) electrons. The van der Waals surface area contributed by atoms with Gasteiger partial charge in [-0.15, -0.1) is 0 Å². The maximum atomic E-state index is 11.1. The van der Waals surface area contributed by atoms with Crippen LogP contribution in [0.25, 0.3) is 0 Å². The van der Waals surface area contributed by atoms with E-state index in [9.17, 15) is 9.59 Å². The number of esters is 1. The molecule has 0 fully saturated rings. The van der Waals surface area contributed by atoms with Crippen LogP contribution in [0.3, 0.4) is 0 Å². The van der Waals surface area contributed by atoms with Crippen LogP contribution < -0.4 is 0 Å². The summed E-state index contributed by atoms with van der Waals surface area (Å²) in [6.45, 7) is 1.19.